The lowest BCUT2D eigenvalue weighted by Gasteiger charge is -2.41. The van der Waals surface area contributed by atoms with E-state index in [9.17, 15) is 14.7 Å². The number of rotatable bonds is 10. The van der Waals surface area contributed by atoms with Crippen LogP contribution >= 0.6 is 0 Å². The molecule has 3 aromatic rings. The van der Waals surface area contributed by atoms with E-state index in [0.717, 1.165) is 30.5 Å². The van der Waals surface area contributed by atoms with Crippen LogP contribution in [0.1, 0.15) is 92.5 Å². The third-order valence-corrected chi connectivity index (χ3v) is 9.05. The summed E-state index contributed by atoms with van der Waals surface area (Å²) in [7, 11) is 1.61. The number of esters is 1. The van der Waals surface area contributed by atoms with Gasteiger partial charge in [-0.05, 0) is 32.3 Å². The molecule has 0 spiro atoms. The Morgan fingerprint density at radius 3 is 2.67 bits per heavy atom. The number of ether oxygens (including phenoxy) is 2. The highest BCUT2D eigenvalue weighted by Crippen LogP contribution is 2.41. The molecule has 1 aliphatic heterocycles. The summed E-state index contributed by atoms with van der Waals surface area (Å²) in [6, 6.07) is 11.2. The van der Waals surface area contributed by atoms with E-state index in [1.54, 1.807) is 25.0 Å². The second kappa shape index (κ2) is 13.8. The highest BCUT2D eigenvalue weighted by atomic mass is 16.5. The fourth-order valence-corrected chi connectivity index (χ4v) is 6.67. The number of methoxy groups -OCH3 is 1. The zero-order valence-corrected chi connectivity index (χ0v) is 27.3. The predicted molar refractivity (Wildman–Crippen MR) is 171 cm³/mol. The van der Waals surface area contributed by atoms with Crippen LogP contribution in [0.4, 0.5) is 0 Å². The number of benzene rings is 1. The molecule has 0 bridgehead atoms. The number of nitrogens with one attached hydrogen (secondary N) is 1. The zero-order valence-electron chi connectivity index (χ0n) is 27.3. The van der Waals surface area contributed by atoms with Gasteiger partial charge in [0.25, 0.3) is 5.91 Å². The molecule has 2 fully saturated rings. The van der Waals surface area contributed by atoms with Crippen molar-refractivity contribution < 1.29 is 24.2 Å². The molecule has 45 heavy (non-hydrogen) atoms. The SMILES string of the molecule is CCOC(=O)c1cc(C(C)(C)C)nn1CC[C@@H]1CNCCN1C(=O)c1ncn([C@@H]2CCCC[C@@]2(O)COC)c1-c1ccccc1. The van der Waals surface area contributed by atoms with Crippen molar-refractivity contribution in [1.82, 2.24) is 29.5 Å². The van der Waals surface area contributed by atoms with E-state index in [1.807, 2.05) is 45.9 Å². The number of imidazole rings is 1. The number of hydrogen-bond donors (Lipinski definition) is 2. The Labute approximate surface area is 265 Å². The number of carbonyl (C=O) groups is 2. The van der Waals surface area contributed by atoms with Gasteiger partial charge in [-0.25, -0.2) is 9.78 Å². The van der Waals surface area contributed by atoms with Crippen LogP contribution in [-0.4, -0.2) is 92.8 Å². The number of piperazine rings is 1. The van der Waals surface area contributed by atoms with Gasteiger partial charge in [-0.2, -0.15) is 5.10 Å². The van der Waals surface area contributed by atoms with Crippen LogP contribution < -0.4 is 5.32 Å². The number of aliphatic hydroxyl groups is 1. The fraction of sp³-hybridized carbons (Fsp3) is 0.588. The summed E-state index contributed by atoms with van der Waals surface area (Å²) in [5.74, 6) is -0.545. The quantitative estimate of drug-likeness (QED) is 0.323. The van der Waals surface area contributed by atoms with E-state index >= 15 is 0 Å². The topological polar surface area (TPSA) is 124 Å². The van der Waals surface area contributed by atoms with Crippen LogP contribution in [0.5, 0.6) is 0 Å². The molecule has 2 aliphatic rings. The Hall–Kier alpha value is -3.54. The monoisotopic (exact) mass is 620 g/mol. The lowest BCUT2D eigenvalue weighted by molar-refractivity contribution is -0.0893. The van der Waals surface area contributed by atoms with Gasteiger partial charge >= 0.3 is 5.97 Å². The molecule has 0 radical (unpaired) electrons. The molecule has 2 N–H and O–H groups in total. The summed E-state index contributed by atoms with van der Waals surface area (Å²) >= 11 is 0. The molecule has 1 aromatic carbocycles. The summed E-state index contributed by atoms with van der Waals surface area (Å²) in [6.07, 6.45) is 5.60. The highest BCUT2D eigenvalue weighted by molar-refractivity contribution is 5.98. The molecule has 1 amide bonds. The van der Waals surface area contributed by atoms with Crippen molar-refractivity contribution in [2.75, 3.05) is 40.0 Å². The molecule has 5 rings (SSSR count). The highest BCUT2D eigenvalue weighted by Gasteiger charge is 2.42. The first-order valence-electron chi connectivity index (χ1n) is 16.2. The van der Waals surface area contributed by atoms with Gasteiger partial charge in [0.2, 0.25) is 0 Å². The minimum absolute atomic E-state index is 0.141. The molecule has 3 atom stereocenters. The molecule has 1 saturated carbocycles. The maximum Gasteiger partial charge on any atom is 0.356 e. The molecule has 11 nitrogen and oxygen atoms in total. The first kappa shape index (κ1) is 32.8. The van der Waals surface area contributed by atoms with Crippen LogP contribution in [0.15, 0.2) is 42.7 Å². The second-order valence-corrected chi connectivity index (χ2v) is 13.3. The molecule has 3 heterocycles. The molecule has 11 heteroatoms. The van der Waals surface area contributed by atoms with Crippen molar-refractivity contribution in [3.8, 4) is 11.3 Å². The van der Waals surface area contributed by atoms with Gasteiger partial charge in [-0.1, -0.05) is 63.9 Å². The molecular weight excluding hydrogens is 572 g/mol. The van der Waals surface area contributed by atoms with Crippen LogP contribution in [0.2, 0.25) is 0 Å². The number of aromatic nitrogens is 4. The number of amides is 1. The van der Waals surface area contributed by atoms with Crippen molar-refractivity contribution in [3.63, 3.8) is 0 Å². The Morgan fingerprint density at radius 2 is 1.96 bits per heavy atom. The number of hydrogen-bond acceptors (Lipinski definition) is 8. The lowest BCUT2D eigenvalue weighted by Crippen LogP contribution is -2.54. The minimum Gasteiger partial charge on any atom is -0.461 e. The van der Waals surface area contributed by atoms with Gasteiger partial charge in [0.1, 0.15) is 11.3 Å². The van der Waals surface area contributed by atoms with Crippen LogP contribution in [0.25, 0.3) is 11.3 Å². The van der Waals surface area contributed by atoms with Gasteiger partial charge in [0.15, 0.2) is 5.69 Å². The van der Waals surface area contributed by atoms with Crippen molar-refractivity contribution in [1.29, 1.82) is 0 Å². The van der Waals surface area contributed by atoms with Crippen LogP contribution in [-0.2, 0) is 21.4 Å². The Balaban J connectivity index is 1.45. The van der Waals surface area contributed by atoms with Gasteiger partial charge in [0.05, 0.1) is 37.0 Å². The summed E-state index contributed by atoms with van der Waals surface area (Å²) in [4.78, 5) is 33.9. The number of aryl methyl sites for hydroxylation is 1. The van der Waals surface area contributed by atoms with Gasteiger partial charge < -0.3 is 29.4 Å². The molecule has 2 aromatic heterocycles. The minimum atomic E-state index is -1.05. The van der Waals surface area contributed by atoms with Crippen molar-refractivity contribution in [2.45, 2.75) is 89.4 Å². The van der Waals surface area contributed by atoms with Crippen molar-refractivity contribution in [3.05, 3.63) is 59.8 Å². The van der Waals surface area contributed by atoms with Gasteiger partial charge in [-0.3, -0.25) is 9.48 Å². The Kier molecular flexibility index (Phi) is 10.1. The number of carbonyl (C=O) groups excluding carboxylic acids is 2. The van der Waals surface area contributed by atoms with Crippen molar-refractivity contribution >= 4 is 11.9 Å². The lowest BCUT2D eigenvalue weighted by atomic mass is 9.80. The van der Waals surface area contributed by atoms with Gasteiger partial charge in [0, 0.05) is 50.3 Å². The average molecular weight is 621 g/mol. The van der Waals surface area contributed by atoms with Crippen molar-refractivity contribution in [2.24, 2.45) is 0 Å². The van der Waals surface area contributed by atoms with E-state index < -0.39 is 11.6 Å². The predicted octanol–water partition coefficient (Wildman–Crippen LogP) is 4.22. The summed E-state index contributed by atoms with van der Waals surface area (Å²) < 4.78 is 14.5. The maximum atomic E-state index is 14.4. The van der Waals surface area contributed by atoms with E-state index in [4.69, 9.17) is 19.6 Å². The zero-order chi connectivity index (χ0) is 32.2. The van der Waals surface area contributed by atoms with E-state index in [-0.39, 0.29) is 36.6 Å². The van der Waals surface area contributed by atoms with Gasteiger partial charge in [-0.15, -0.1) is 0 Å². The molecular formula is C34H48N6O5. The standard InChI is InChI=1S/C34H48N6O5/c1-6-45-32(42)26-20-27(33(2,3)4)37-40(26)18-15-25-21-35-17-19-38(25)31(41)29-30(24-12-8-7-9-13-24)39(23-36-29)28-14-10-11-16-34(28,43)22-44-5/h7-9,12-13,20,23,25,28,35,43H,6,10-11,14-19,21-22H2,1-5H3/t25-,28-,34-/m1/s1. The summed E-state index contributed by atoms with van der Waals surface area (Å²) in [5.41, 5.74) is 1.91. The van der Waals surface area contributed by atoms with E-state index in [0.29, 0.717) is 56.1 Å². The average Bonchev–Trinajstić information content (AvgIpc) is 3.66. The van der Waals surface area contributed by atoms with Crippen LogP contribution in [0, 0.1) is 0 Å². The molecule has 1 aliphatic carbocycles. The number of nitrogens with zero attached hydrogens (tertiary/aromatic N) is 5. The normalized spacial score (nSPS) is 22.4. The third kappa shape index (κ3) is 7.00. The van der Waals surface area contributed by atoms with E-state index in [2.05, 4.69) is 26.1 Å². The smallest absolute Gasteiger partial charge is 0.356 e. The molecule has 1 saturated heterocycles. The molecule has 244 valence electrons. The third-order valence-electron chi connectivity index (χ3n) is 9.05. The second-order valence-electron chi connectivity index (χ2n) is 13.3. The maximum absolute atomic E-state index is 14.4. The first-order valence-corrected chi connectivity index (χ1v) is 16.2. The van der Waals surface area contributed by atoms with E-state index in [1.165, 1.54) is 0 Å². The largest absolute Gasteiger partial charge is 0.461 e. The summed E-state index contributed by atoms with van der Waals surface area (Å²) in [5, 5.41) is 19.9. The first-order chi connectivity index (χ1) is 21.6. The molecule has 0 unspecified atom stereocenters. The fourth-order valence-electron chi connectivity index (χ4n) is 6.67. The van der Waals surface area contributed by atoms with Crippen LogP contribution in [0.3, 0.4) is 0 Å². The summed E-state index contributed by atoms with van der Waals surface area (Å²) in [6.45, 7) is 10.7. The Morgan fingerprint density at radius 1 is 1.18 bits per heavy atom. The Bertz CT molecular complexity index is 1460.